The fourth-order valence-electron chi connectivity index (χ4n) is 2.87. The summed E-state index contributed by atoms with van der Waals surface area (Å²) in [6.45, 7) is 3.23. The first-order valence-corrected chi connectivity index (χ1v) is 9.03. The first-order chi connectivity index (χ1) is 13.4. The smallest absolute Gasteiger partial charge is 0.294 e. The van der Waals surface area contributed by atoms with Gasteiger partial charge in [0.25, 0.3) is 5.56 Å². The van der Waals surface area contributed by atoms with Gasteiger partial charge < -0.3 is 5.32 Å². The summed E-state index contributed by atoms with van der Waals surface area (Å²) in [5.74, 6) is -0.655. The number of rotatable bonds is 5. The van der Waals surface area contributed by atoms with E-state index in [2.05, 4.69) is 17.2 Å². The van der Waals surface area contributed by atoms with E-state index in [1.165, 1.54) is 29.0 Å². The Morgan fingerprint density at radius 3 is 2.43 bits per heavy atom. The zero-order valence-corrected chi connectivity index (χ0v) is 16.1. The van der Waals surface area contributed by atoms with Gasteiger partial charge in [-0.2, -0.15) is 0 Å². The van der Waals surface area contributed by atoms with Gasteiger partial charge in [-0.1, -0.05) is 31.2 Å². The lowest BCUT2D eigenvalue weighted by Gasteiger charge is -2.17. The minimum atomic E-state index is -0.493. The van der Waals surface area contributed by atoms with Crippen molar-refractivity contribution in [2.45, 2.75) is 26.8 Å². The van der Waals surface area contributed by atoms with E-state index in [0.29, 0.717) is 16.7 Å². The third-order valence-electron chi connectivity index (χ3n) is 4.57. The van der Waals surface area contributed by atoms with Crippen molar-refractivity contribution in [1.29, 1.82) is 0 Å². The van der Waals surface area contributed by atoms with E-state index in [-0.39, 0.29) is 24.2 Å². The van der Waals surface area contributed by atoms with E-state index in [1.807, 2.05) is 24.3 Å². The molecule has 7 nitrogen and oxygen atoms in total. The van der Waals surface area contributed by atoms with Gasteiger partial charge in [0, 0.05) is 19.7 Å². The number of aryl methyl sites for hydroxylation is 1. The number of benzene rings is 2. The molecule has 0 spiro atoms. The summed E-state index contributed by atoms with van der Waals surface area (Å²) in [5, 5.41) is 2.81. The number of hydrogen-bond donors (Lipinski definition) is 1. The quantitative estimate of drug-likeness (QED) is 0.740. The standard InChI is InChI=1S/C21H22N4O3/c1-4-15-9-11-16(12-10-15)22-19(27)13-25-18-8-6-5-7-17(18)23-20(21(25)28)24(3)14(2)26/h5-12H,4,13H2,1-3H3,(H,22,27). The number of anilines is 2. The monoisotopic (exact) mass is 378 g/mol. The Morgan fingerprint density at radius 2 is 1.79 bits per heavy atom. The molecule has 144 valence electrons. The highest BCUT2D eigenvalue weighted by atomic mass is 16.2. The van der Waals surface area contributed by atoms with Gasteiger partial charge in [-0.15, -0.1) is 0 Å². The van der Waals surface area contributed by atoms with Gasteiger partial charge in [0.2, 0.25) is 17.6 Å². The summed E-state index contributed by atoms with van der Waals surface area (Å²) in [4.78, 5) is 42.7. The molecule has 1 N–H and O–H groups in total. The minimum Gasteiger partial charge on any atom is -0.325 e. The second-order valence-electron chi connectivity index (χ2n) is 6.49. The third-order valence-corrected chi connectivity index (χ3v) is 4.57. The first-order valence-electron chi connectivity index (χ1n) is 9.03. The zero-order valence-electron chi connectivity index (χ0n) is 16.1. The predicted molar refractivity (Wildman–Crippen MR) is 110 cm³/mol. The molecule has 7 heteroatoms. The van der Waals surface area contributed by atoms with Crippen LogP contribution in [0.2, 0.25) is 0 Å². The van der Waals surface area contributed by atoms with Crippen LogP contribution in [-0.2, 0) is 22.6 Å². The summed E-state index contributed by atoms with van der Waals surface area (Å²) < 4.78 is 1.34. The number of hydrogen-bond acceptors (Lipinski definition) is 4. The molecule has 0 bridgehead atoms. The zero-order chi connectivity index (χ0) is 20.3. The van der Waals surface area contributed by atoms with Gasteiger partial charge >= 0.3 is 0 Å². The maximum atomic E-state index is 12.9. The minimum absolute atomic E-state index is 0.00806. The van der Waals surface area contributed by atoms with Crippen LogP contribution in [0.5, 0.6) is 0 Å². The van der Waals surface area contributed by atoms with Crippen LogP contribution in [0.1, 0.15) is 19.4 Å². The lowest BCUT2D eigenvalue weighted by molar-refractivity contribution is -0.117. The van der Waals surface area contributed by atoms with Gasteiger partial charge in [0.15, 0.2) is 0 Å². The maximum absolute atomic E-state index is 12.9. The maximum Gasteiger partial charge on any atom is 0.294 e. The highest BCUT2D eigenvalue weighted by Gasteiger charge is 2.18. The normalized spacial score (nSPS) is 10.7. The molecule has 0 unspecified atom stereocenters. The Labute approximate surface area is 162 Å². The van der Waals surface area contributed by atoms with E-state index in [1.54, 1.807) is 24.3 Å². The first kappa shape index (κ1) is 19.3. The number of carbonyl (C=O) groups is 2. The molecular formula is C21H22N4O3. The van der Waals surface area contributed by atoms with E-state index >= 15 is 0 Å². The van der Waals surface area contributed by atoms with Crippen molar-refractivity contribution in [1.82, 2.24) is 9.55 Å². The second kappa shape index (κ2) is 8.04. The van der Waals surface area contributed by atoms with Crippen LogP contribution in [0.15, 0.2) is 53.3 Å². The molecule has 1 aromatic heterocycles. The number of aromatic nitrogens is 2. The Bertz CT molecular complexity index is 1090. The number of nitrogens with zero attached hydrogens (tertiary/aromatic N) is 3. The average molecular weight is 378 g/mol. The summed E-state index contributed by atoms with van der Waals surface area (Å²) >= 11 is 0. The largest absolute Gasteiger partial charge is 0.325 e. The number of amides is 2. The van der Waals surface area contributed by atoms with Gasteiger partial charge in [-0.3, -0.25) is 23.9 Å². The van der Waals surface area contributed by atoms with Crippen LogP contribution in [0, 0.1) is 0 Å². The fourth-order valence-corrected chi connectivity index (χ4v) is 2.87. The van der Waals surface area contributed by atoms with Crippen molar-refractivity contribution in [2.24, 2.45) is 0 Å². The molecule has 0 atom stereocenters. The van der Waals surface area contributed by atoms with E-state index in [9.17, 15) is 14.4 Å². The Kier molecular flexibility index (Phi) is 5.54. The molecule has 0 saturated heterocycles. The molecule has 1 heterocycles. The highest BCUT2D eigenvalue weighted by molar-refractivity contribution is 5.93. The number of fused-ring (bicyclic) bond motifs is 1. The summed E-state index contributed by atoms with van der Waals surface area (Å²) in [7, 11) is 1.49. The molecule has 0 aliphatic heterocycles. The van der Waals surface area contributed by atoms with Gasteiger partial charge in [0.05, 0.1) is 11.0 Å². The fraction of sp³-hybridized carbons (Fsp3) is 0.238. The summed E-state index contributed by atoms with van der Waals surface area (Å²) in [6, 6.07) is 14.6. The van der Waals surface area contributed by atoms with Gasteiger partial charge in [0.1, 0.15) is 6.54 Å². The Balaban J connectivity index is 1.96. The molecule has 0 saturated carbocycles. The number of carbonyl (C=O) groups excluding carboxylic acids is 2. The van der Waals surface area contributed by atoms with Crippen LogP contribution in [0.4, 0.5) is 11.5 Å². The predicted octanol–water partition coefficient (Wildman–Crippen LogP) is 2.58. The van der Waals surface area contributed by atoms with Crippen LogP contribution < -0.4 is 15.8 Å². The van der Waals surface area contributed by atoms with Gasteiger partial charge in [-0.05, 0) is 36.2 Å². The molecule has 0 aliphatic rings. The number of para-hydroxylation sites is 2. The van der Waals surface area contributed by atoms with Gasteiger partial charge in [-0.25, -0.2) is 4.98 Å². The molecule has 28 heavy (non-hydrogen) atoms. The van der Waals surface area contributed by atoms with Crippen LogP contribution >= 0.6 is 0 Å². The Morgan fingerprint density at radius 1 is 1.11 bits per heavy atom. The molecule has 0 fully saturated rings. The lowest BCUT2D eigenvalue weighted by atomic mass is 10.1. The van der Waals surface area contributed by atoms with Crippen LogP contribution in [0.3, 0.4) is 0 Å². The Hall–Kier alpha value is -3.48. The molecule has 3 rings (SSSR count). The molecule has 2 aromatic carbocycles. The SMILES string of the molecule is CCc1ccc(NC(=O)Cn2c(=O)c(N(C)C(C)=O)nc3ccccc32)cc1. The third kappa shape index (κ3) is 3.93. The van der Waals surface area contributed by atoms with Crippen molar-refractivity contribution in [3.05, 3.63) is 64.4 Å². The van der Waals surface area contributed by atoms with E-state index in [4.69, 9.17) is 0 Å². The van der Waals surface area contributed by atoms with Crippen molar-refractivity contribution < 1.29 is 9.59 Å². The summed E-state index contributed by atoms with van der Waals surface area (Å²) in [6.07, 6.45) is 0.916. The van der Waals surface area contributed by atoms with Crippen LogP contribution in [0.25, 0.3) is 11.0 Å². The van der Waals surface area contributed by atoms with Crippen LogP contribution in [-0.4, -0.2) is 28.4 Å². The van der Waals surface area contributed by atoms with Crippen molar-refractivity contribution in [2.75, 3.05) is 17.3 Å². The average Bonchev–Trinajstić information content (AvgIpc) is 2.69. The van der Waals surface area contributed by atoms with Crippen molar-refractivity contribution in [3.8, 4) is 0 Å². The second-order valence-corrected chi connectivity index (χ2v) is 6.49. The van der Waals surface area contributed by atoms with E-state index < -0.39 is 5.56 Å². The summed E-state index contributed by atoms with van der Waals surface area (Å²) in [5.41, 5.74) is 2.41. The van der Waals surface area contributed by atoms with Crippen molar-refractivity contribution >= 4 is 34.4 Å². The topological polar surface area (TPSA) is 84.3 Å². The molecule has 2 amide bonds. The van der Waals surface area contributed by atoms with E-state index in [0.717, 1.165) is 6.42 Å². The molecular weight excluding hydrogens is 356 g/mol. The lowest BCUT2D eigenvalue weighted by Crippen LogP contribution is -2.36. The molecule has 0 radical (unpaired) electrons. The molecule has 3 aromatic rings. The number of nitrogens with one attached hydrogen (secondary N) is 1. The van der Waals surface area contributed by atoms with Crippen molar-refractivity contribution in [3.63, 3.8) is 0 Å². The highest BCUT2D eigenvalue weighted by Crippen LogP contribution is 2.15. The molecule has 0 aliphatic carbocycles.